The van der Waals surface area contributed by atoms with Crippen molar-refractivity contribution in [3.05, 3.63) is 51.1 Å². The van der Waals surface area contributed by atoms with Crippen molar-refractivity contribution in [1.82, 2.24) is 4.57 Å². The molecule has 0 aliphatic carbocycles. The first kappa shape index (κ1) is 12.1. The Morgan fingerprint density at radius 2 is 2.12 bits per heavy atom. The minimum atomic E-state index is -1.08. The first-order valence-corrected chi connectivity index (χ1v) is 5.94. The van der Waals surface area contributed by atoms with E-state index in [4.69, 9.17) is 5.11 Å². The summed E-state index contributed by atoms with van der Waals surface area (Å²) in [5, 5.41) is 9.04. The molecule has 1 N–H and O–H groups in total. The molecule has 2 aromatic rings. The number of carbonyl (C=O) groups is 1. The number of nitrogens with zero attached hydrogens (tertiary/aromatic N) is 1. The summed E-state index contributed by atoms with van der Waals surface area (Å²) in [4.78, 5) is 11.0. The van der Waals surface area contributed by atoms with Gasteiger partial charge in [-0.15, -0.1) is 0 Å². The minimum absolute atomic E-state index is 0.0529. The molecule has 0 fully saturated rings. The van der Waals surface area contributed by atoms with E-state index < -0.39 is 11.8 Å². The van der Waals surface area contributed by atoms with Crippen LogP contribution in [0.25, 0.3) is 5.69 Å². The summed E-state index contributed by atoms with van der Waals surface area (Å²) >= 11 is 2.00. The molecule has 1 heterocycles. The van der Waals surface area contributed by atoms with E-state index in [1.54, 1.807) is 25.3 Å². The number of aryl methyl sites for hydroxylation is 1. The lowest BCUT2D eigenvalue weighted by Gasteiger charge is -2.07. The summed E-state index contributed by atoms with van der Waals surface area (Å²) in [5.41, 5.74) is 1.10. The lowest BCUT2D eigenvalue weighted by molar-refractivity contribution is 0.0688. The molecule has 0 bridgehead atoms. The largest absolute Gasteiger partial charge is 0.477 e. The highest BCUT2D eigenvalue weighted by molar-refractivity contribution is 14.1. The van der Waals surface area contributed by atoms with Gasteiger partial charge in [-0.05, 0) is 53.3 Å². The number of carboxylic acids is 1. The third-order valence-corrected chi connectivity index (χ3v) is 2.96. The fourth-order valence-corrected chi connectivity index (χ4v) is 2.18. The fraction of sp³-hybridized carbons (Fsp3) is 0.0833. The van der Waals surface area contributed by atoms with Crippen LogP contribution in [0.4, 0.5) is 4.39 Å². The van der Waals surface area contributed by atoms with Gasteiger partial charge in [0.05, 0.1) is 5.69 Å². The third-order valence-electron chi connectivity index (χ3n) is 2.37. The van der Waals surface area contributed by atoms with Crippen molar-refractivity contribution in [2.45, 2.75) is 6.92 Å². The van der Waals surface area contributed by atoms with Crippen LogP contribution in [0.1, 0.15) is 16.1 Å². The maximum absolute atomic E-state index is 13.8. The minimum Gasteiger partial charge on any atom is -0.477 e. The molecule has 0 saturated carbocycles. The zero-order valence-electron chi connectivity index (χ0n) is 8.95. The molecule has 3 nitrogen and oxygen atoms in total. The molecule has 0 radical (unpaired) electrons. The van der Waals surface area contributed by atoms with Crippen LogP contribution < -0.4 is 0 Å². The number of carboxylic acid groups (broad SMARTS) is 1. The van der Waals surface area contributed by atoms with Gasteiger partial charge in [-0.25, -0.2) is 9.18 Å². The number of benzene rings is 1. The van der Waals surface area contributed by atoms with Crippen LogP contribution in [0.15, 0.2) is 30.5 Å². The summed E-state index contributed by atoms with van der Waals surface area (Å²) in [6.07, 6.45) is 1.60. The SMILES string of the molecule is Cc1ccc(-n2cc(I)cc2C(=O)O)c(F)c1. The molecule has 0 unspecified atom stereocenters. The maximum atomic E-state index is 13.8. The van der Waals surface area contributed by atoms with Gasteiger partial charge in [0.2, 0.25) is 0 Å². The topological polar surface area (TPSA) is 42.2 Å². The number of hydrogen-bond donors (Lipinski definition) is 1. The average molecular weight is 345 g/mol. The van der Waals surface area contributed by atoms with Crippen LogP contribution in [-0.2, 0) is 0 Å². The molecule has 17 heavy (non-hydrogen) atoms. The van der Waals surface area contributed by atoms with Crippen molar-refractivity contribution >= 4 is 28.6 Å². The molecule has 0 amide bonds. The molecular formula is C12H9FINO2. The normalized spacial score (nSPS) is 10.5. The van der Waals surface area contributed by atoms with Gasteiger partial charge in [0, 0.05) is 9.77 Å². The summed E-state index contributed by atoms with van der Waals surface area (Å²) < 4.78 is 15.9. The van der Waals surface area contributed by atoms with Crippen LogP contribution >= 0.6 is 22.6 Å². The summed E-state index contributed by atoms with van der Waals surface area (Å²) in [6.45, 7) is 1.78. The highest BCUT2D eigenvalue weighted by Gasteiger charge is 2.15. The summed E-state index contributed by atoms with van der Waals surface area (Å²) in [7, 11) is 0. The number of rotatable bonds is 2. The van der Waals surface area contributed by atoms with Crippen molar-refractivity contribution in [3.8, 4) is 5.69 Å². The predicted octanol–water partition coefficient (Wildman–Crippen LogP) is 3.23. The second kappa shape index (κ2) is 4.48. The van der Waals surface area contributed by atoms with Crippen molar-refractivity contribution in [1.29, 1.82) is 0 Å². The Morgan fingerprint density at radius 3 is 2.71 bits per heavy atom. The summed E-state index contributed by atoms with van der Waals surface area (Å²) in [6, 6.07) is 6.21. The lowest BCUT2D eigenvalue weighted by atomic mass is 10.2. The Hall–Kier alpha value is -1.37. The Labute approximate surface area is 111 Å². The predicted molar refractivity (Wildman–Crippen MR) is 70.1 cm³/mol. The van der Waals surface area contributed by atoms with Crippen LogP contribution in [0, 0.1) is 16.3 Å². The molecule has 0 aliphatic rings. The number of halogens is 2. The van der Waals surface area contributed by atoms with E-state index in [1.165, 1.54) is 16.7 Å². The van der Waals surface area contributed by atoms with Gasteiger partial charge in [0.1, 0.15) is 11.5 Å². The molecule has 2 rings (SSSR count). The third kappa shape index (κ3) is 2.33. The van der Waals surface area contributed by atoms with Gasteiger partial charge in [-0.3, -0.25) is 0 Å². The second-order valence-electron chi connectivity index (χ2n) is 3.67. The molecular weight excluding hydrogens is 336 g/mol. The molecule has 0 aliphatic heterocycles. The van der Waals surface area contributed by atoms with Gasteiger partial charge in [0.15, 0.2) is 0 Å². The smallest absolute Gasteiger partial charge is 0.352 e. The van der Waals surface area contributed by atoms with Gasteiger partial charge in [-0.2, -0.15) is 0 Å². The average Bonchev–Trinajstić information content (AvgIpc) is 2.60. The zero-order valence-corrected chi connectivity index (χ0v) is 11.1. The van der Waals surface area contributed by atoms with Crippen LogP contribution in [0.2, 0.25) is 0 Å². The monoisotopic (exact) mass is 345 g/mol. The lowest BCUT2D eigenvalue weighted by Crippen LogP contribution is -2.07. The number of aromatic carboxylic acids is 1. The van der Waals surface area contributed by atoms with Crippen molar-refractivity contribution in [2.75, 3.05) is 0 Å². The number of hydrogen-bond acceptors (Lipinski definition) is 1. The Balaban J connectivity index is 2.63. The van der Waals surface area contributed by atoms with E-state index >= 15 is 0 Å². The van der Waals surface area contributed by atoms with Crippen molar-refractivity contribution in [3.63, 3.8) is 0 Å². The zero-order chi connectivity index (χ0) is 12.6. The Bertz CT molecular complexity index is 592. The van der Waals surface area contributed by atoms with Gasteiger partial charge < -0.3 is 9.67 Å². The molecule has 0 saturated heterocycles. The van der Waals surface area contributed by atoms with Crippen LogP contribution in [-0.4, -0.2) is 15.6 Å². The van der Waals surface area contributed by atoms with E-state index in [9.17, 15) is 9.18 Å². The van der Waals surface area contributed by atoms with Crippen molar-refractivity contribution in [2.24, 2.45) is 0 Å². The number of aromatic nitrogens is 1. The van der Waals surface area contributed by atoms with E-state index in [-0.39, 0.29) is 11.4 Å². The van der Waals surface area contributed by atoms with Crippen molar-refractivity contribution < 1.29 is 14.3 Å². The van der Waals surface area contributed by atoms with Gasteiger partial charge >= 0.3 is 5.97 Å². The Kier molecular flexibility index (Phi) is 3.19. The van der Waals surface area contributed by atoms with Gasteiger partial charge in [0.25, 0.3) is 0 Å². The van der Waals surface area contributed by atoms with E-state index in [0.717, 1.165) is 9.13 Å². The van der Waals surface area contributed by atoms with E-state index in [2.05, 4.69) is 0 Å². The molecule has 1 aromatic carbocycles. The van der Waals surface area contributed by atoms with Crippen LogP contribution in [0.5, 0.6) is 0 Å². The van der Waals surface area contributed by atoms with Crippen LogP contribution in [0.3, 0.4) is 0 Å². The molecule has 0 atom stereocenters. The second-order valence-corrected chi connectivity index (χ2v) is 4.92. The Morgan fingerprint density at radius 1 is 1.41 bits per heavy atom. The first-order valence-electron chi connectivity index (χ1n) is 4.87. The maximum Gasteiger partial charge on any atom is 0.352 e. The highest BCUT2D eigenvalue weighted by Crippen LogP contribution is 2.20. The molecule has 1 aromatic heterocycles. The quantitative estimate of drug-likeness (QED) is 0.850. The highest BCUT2D eigenvalue weighted by atomic mass is 127. The van der Waals surface area contributed by atoms with E-state index in [1.807, 2.05) is 22.6 Å². The molecule has 5 heteroatoms. The molecule has 0 spiro atoms. The summed E-state index contributed by atoms with van der Waals surface area (Å²) in [5.74, 6) is -1.51. The van der Waals surface area contributed by atoms with Gasteiger partial charge in [-0.1, -0.05) is 6.07 Å². The standard InChI is InChI=1S/C12H9FINO2/c1-7-2-3-10(9(13)4-7)15-6-8(14)5-11(15)12(16)17/h2-6H,1H3,(H,16,17). The van der Waals surface area contributed by atoms with E-state index in [0.29, 0.717) is 0 Å². The fourth-order valence-electron chi connectivity index (χ4n) is 1.60. The molecule has 88 valence electrons. The first-order chi connectivity index (χ1) is 7.99.